The van der Waals surface area contributed by atoms with E-state index in [-0.39, 0.29) is 0 Å². The van der Waals surface area contributed by atoms with E-state index >= 15 is 0 Å². The molecule has 0 bridgehead atoms. The molecule has 0 aromatic carbocycles. The van der Waals surface area contributed by atoms with E-state index in [4.69, 9.17) is 23.2 Å². The van der Waals surface area contributed by atoms with Gasteiger partial charge in [0.15, 0.2) is 0 Å². The molecule has 1 heterocycles. The Labute approximate surface area is 102 Å². The van der Waals surface area contributed by atoms with Crippen LogP contribution in [0.25, 0.3) is 0 Å². The minimum Gasteiger partial charge on any atom is -0.268 e. The molecule has 0 amide bonds. The van der Waals surface area contributed by atoms with Gasteiger partial charge in [-0.15, -0.1) is 11.6 Å². The third kappa shape index (κ3) is 3.69. The molecule has 0 radical (unpaired) electrons. The predicted molar refractivity (Wildman–Crippen MR) is 65.9 cm³/mol. The van der Waals surface area contributed by atoms with Crippen molar-refractivity contribution in [2.45, 2.75) is 46.1 Å². The van der Waals surface area contributed by atoms with Crippen LogP contribution < -0.4 is 0 Å². The molecule has 1 rings (SSSR count). The first kappa shape index (κ1) is 12.9. The highest BCUT2D eigenvalue weighted by molar-refractivity contribution is 6.31. The molecular formula is C11H18Cl2N2. The number of aromatic nitrogens is 2. The number of hydrogen-bond acceptors (Lipinski definition) is 1. The van der Waals surface area contributed by atoms with E-state index in [1.54, 1.807) is 0 Å². The SMILES string of the molecule is Cc1nn(CCCCCCCl)c(C)c1Cl. The quantitative estimate of drug-likeness (QED) is 0.551. The molecule has 4 heteroatoms. The van der Waals surface area contributed by atoms with E-state index in [2.05, 4.69) is 5.10 Å². The highest BCUT2D eigenvalue weighted by atomic mass is 35.5. The Morgan fingerprint density at radius 1 is 1.13 bits per heavy atom. The fraction of sp³-hybridized carbons (Fsp3) is 0.727. The average Bonchev–Trinajstić information content (AvgIpc) is 2.46. The molecule has 1 aromatic rings. The third-order valence-electron chi connectivity index (χ3n) is 2.55. The van der Waals surface area contributed by atoms with Gasteiger partial charge in [-0.3, -0.25) is 4.68 Å². The highest BCUT2D eigenvalue weighted by Crippen LogP contribution is 2.19. The average molecular weight is 249 g/mol. The molecule has 0 spiro atoms. The summed E-state index contributed by atoms with van der Waals surface area (Å²) in [4.78, 5) is 0. The van der Waals surface area contributed by atoms with Crippen LogP contribution in [0, 0.1) is 13.8 Å². The molecule has 0 aliphatic heterocycles. The summed E-state index contributed by atoms with van der Waals surface area (Å²) in [5, 5.41) is 5.19. The summed E-state index contributed by atoms with van der Waals surface area (Å²) in [5.74, 6) is 0.770. The molecule has 0 unspecified atom stereocenters. The number of rotatable bonds is 6. The van der Waals surface area contributed by atoms with Crippen molar-refractivity contribution in [3.05, 3.63) is 16.4 Å². The zero-order valence-corrected chi connectivity index (χ0v) is 10.9. The van der Waals surface area contributed by atoms with Gasteiger partial charge in [-0.1, -0.05) is 24.4 Å². The van der Waals surface area contributed by atoms with E-state index in [1.165, 1.54) is 12.8 Å². The Morgan fingerprint density at radius 2 is 1.80 bits per heavy atom. The van der Waals surface area contributed by atoms with E-state index in [1.807, 2.05) is 18.5 Å². The number of nitrogens with zero attached hydrogens (tertiary/aromatic N) is 2. The van der Waals surface area contributed by atoms with E-state index in [9.17, 15) is 0 Å². The summed E-state index contributed by atoms with van der Waals surface area (Å²) in [7, 11) is 0. The molecule has 1 aromatic heterocycles. The minimum absolute atomic E-state index is 0.770. The smallest absolute Gasteiger partial charge is 0.0844 e. The van der Waals surface area contributed by atoms with Crippen LogP contribution in [0.5, 0.6) is 0 Å². The summed E-state index contributed by atoms with van der Waals surface area (Å²) in [6.45, 7) is 4.92. The molecule has 0 saturated heterocycles. The van der Waals surface area contributed by atoms with E-state index in [0.29, 0.717) is 0 Å². The second-order valence-corrected chi connectivity index (χ2v) is 4.57. The van der Waals surface area contributed by atoms with Gasteiger partial charge in [0.25, 0.3) is 0 Å². The zero-order chi connectivity index (χ0) is 11.3. The second kappa shape index (κ2) is 6.39. The first-order chi connectivity index (χ1) is 7.16. The first-order valence-corrected chi connectivity index (χ1v) is 6.33. The summed E-state index contributed by atoms with van der Waals surface area (Å²) in [6, 6.07) is 0. The number of aryl methyl sites for hydroxylation is 2. The molecule has 0 aliphatic rings. The molecule has 0 atom stereocenters. The van der Waals surface area contributed by atoms with Crippen LogP contribution in [0.2, 0.25) is 5.02 Å². The van der Waals surface area contributed by atoms with E-state index in [0.717, 1.165) is 41.7 Å². The number of halogens is 2. The first-order valence-electron chi connectivity index (χ1n) is 5.42. The maximum Gasteiger partial charge on any atom is 0.0844 e. The van der Waals surface area contributed by atoms with Gasteiger partial charge in [0, 0.05) is 12.4 Å². The van der Waals surface area contributed by atoms with Crippen molar-refractivity contribution >= 4 is 23.2 Å². The molecular weight excluding hydrogens is 231 g/mol. The third-order valence-corrected chi connectivity index (χ3v) is 3.36. The Bertz CT molecular complexity index is 308. The lowest BCUT2D eigenvalue weighted by atomic mass is 10.2. The molecule has 0 N–H and O–H groups in total. The van der Waals surface area contributed by atoms with Crippen molar-refractivity contribution in [1.82, 2.24) is 9.78 Å². The lowest BCUT2D eigenvalue weighted by Crippen LogP contribution is -2.02. The largest absolute Gasteiger partial charge is 0.268 e. The summed E-state index contributed by atoms with van der Waals surface area (Å²) >= 11 is 11.7. The Kier molecular flexibility index (Phi) is 5.48. The van der Waals surface area contributed by atoms with Crippen LogP contribution in [0.15, 0.2) is 0 Å². The van der Waals surface area contributed by atoms with Gasteiger partial charge >= 0.3 is 0 Å². The van der Waals surface area contributed by atoms with Crippen molar-refractivity contribution in [2.24, 2.45) is 0 Å². The molecule has 0 fully saturated rings. The predicted octanol–water partition coefficient (Wildman–Crippen LogP) is 3.95. The molecule has 0 saturated carbocycles. The summed E-state index contributed by atoms with van der Waals surface area (Å²) in [5.41, 5.74) is 2.00. The van der Waals surface area contributed by atoms with Gasteiger partial charge in [0.05, 0.1) is 16.4 Å². The maximum absolute atomic E-state index is 6.06. The van der Waals surface area contributed by atoms with Crippen LogP contribution in [0.3, 0.4) is 0 Å². The minimum atomic E-state index is 0.770. The Balaban J connectivity index is 2.34. The second-order valence-electron chi connectivity index (χ2n) is 3.81. The van der Waals surface area contributed by atoms with Crippen LogP contribution in [0.1, 0.15) is 37.1 Å². The molecule has 0 aliphatic carbocycles. The monoisotopic (exact) mass is 248 g/mol. The Hall–Kier alpha value is -0.210. The van der Waals surface area contributed by atoms with Crippen LogP contribution in [0.4, 0.5) is 0 Å². The fourth-order valence-corrected chi connectivity index (χ4v) is 1.93. The normalized spacial score (nSPS) is 10.9. The van der Waals surface area contributed by atoms with Gasteiger partial charge in [-0.05, 0) is 26.7 Å². The molecule has 15 heavy (non-hydrogen) atoms. The van der Waals surface area contributed by atoms with Gasteiger partial charge in [-0.25, -0.2) is 0 Å². The van der Waals surface area contributed by atoms with Crippen molar-refractivity contribution in [1.29, 1.82) is 0 Å². The van der Waals surface area contributed by atoms with Gasteiger partial charge in [0.1, 0.15) is 0 Å². The van der Waals surface area contributed by atoms with Crippen LogP contribution in [-0.2, 0) is 6.54 Å². The topological polar surface area (TPSA) is 17.8 Å². The van der Waals surface area contributed by atoms with Crippen LogP contribution >= 0.6 is 23.2 Å². The van der Waals surface area contributed by atoms with E-state index < -0.39 is 0 Å². The fourth-order valence-electron chi connectivity index (χ4n) is 1.60. The Morgan fingerprint density at radius 3 is 2.33 bits per heavy atom. The number of unbranched alkanes of at least 4 members (excludes halogenated alkanes) is 3. The van der Waals surface area contributed by atoms with Crippen molar-refractivity contribution in [3.8, 4) is 0 Å². The highest BCUT2D eigenvalue weighted by Gasteiger charge is 2.07. The van der Waals surface area contributed by atoms with Gasteiger partial charge in [0.2, 0.25) is 0 Å². The summed E-state index contributed by atoms with van der Waals surface area (Å²) in [6.07, 6.45) is 4.67. The zero-order valence-electron chi connectivity index (χ0n) is 9.39. The lowest BCUT2D eigenvalue weighted by Gasteiger charge is -2.03. The maximum atomic E-state index is 6.06. The molecule has 2 nitrogen and oxygen atoms in total. The summed E-state index contributed by atoms with van der Waals surface area (Å²) < 4.78 is 2.00. The van der Waals surface area contributed by atoms with Gasteiger partial charge < -0.3 is 0 Å². The van der Waals surface area contributed by atoms with Crippen molar-refractivity contribution < 1.29 is 0 Å². The lowest BCUT2D eigenvalue weighted by molar-refractivity contribution is 0.530. The van der Waals surface area contributed by atoms with Crippen molar-refractivity contribution in [2.75, 3.05) is 5.88 Å². The standard InChI is InChI=1S/C11H18Cl2N2/c1-9-11(13)10(2)15(14-9)8-6-4-3-5-7-12/h3-8H2,1-2H3. The van der Waals surface area contributed by atoms with Crippen LogP contribution in [-0.4, -0.2) is 15.7 Å². The van der Waals surface area contributed by atoms with Crippen molar-refractivity contribution in [3.63, 3.8) is 0 Å². The number of hydrogen-bond donors (Lipinski definition) is 0. The van der Waals surface area contributed by atoms with Gasteiger partial charge in [-0.2, -0.15) is 5.10 Å². The number of alkyl halides is 1. The molecule has 86 valence electrons.